The van der Waals surface area contributed by atoms with E-state index in [-0.39, 0.29) is 0 Å². The SMILES string of the molecule is CCS(=S)(=S)SSSSSSSSSSSSSSSSSSSSSSSSSSSSSSSSSSSSSSSSS. The fraction of sp³-hybridized carbons (Fsp3) is 1.00. The van der Waals surface area contributed by atoms with E-state index >= 15 is 0 Å². The fourth-order valence-electron chi connectivity index (χ4n) is 0.522. The summed E-state index contributed by atoms with van der Waals surface area (Å²) < 4.78 is 0. The minimum Gasteiger partial charge on any atom is -0.0988 e. The minimum absolute atomic E-state index is 0.915. The van der Waals surface area contributed by atoms with Crippen molar-refractivity contribution >= 4 is 433 Å². The van der Waals surface area contributed by atoms with E-state index in [1.165, 1.54) is 9.83 Å². The topological polar surface area (TPSA) is 0 Å². The van der Waals surface area contributed by atoms with Gasteiger partial charge in [0.15, 0.2) is 0 Å². The first kappa shape index (κ1) is 61.1. The molecule has 46 heavy (non-hydrogen) atoms. The van der Waals surface area contributed by atoms with E-state index in [2.05, 4.69) is 18.6 Å². The lowest BCUT2D eigenvalue weighted by Gasteiger charge is -2.03. The van der Waals surface area contributed by atoms with E-state index < -0.39 is 6.18 Å². The van der Waals surface area contributed by atoms with Crippen molar-refractivity contribution in [2.24, 2.45) is 0 Å². The third-order valence-corrected chi connectivity index (χ3v) is 96.9. The molecule has 0 aliphatic heterocycles. The number of hydrogen-bond donors (Lipinski definition) is 1. The van der Waals surface area contributed by atoms with Crippen LogP contribution in [0.25, 0.3) is 0 Å². The molecule has 0 nitrogen and oxygen atoms in total. The van der Waals surface area contributed by atoms with Gasteiger partial charge in [-0.2, -0.15) is 0 Å². The average Bonchev–Trinajstić information content (AvgIpc) is 3.05. The van der Waals surface area contributed by atoms with Crippen molar-refractivity contribution < 1.29 is 0 Å². The first-order valence-corrected chi connectivity index (χ1v) is 66.2. The van der Waals surface area contributed by atoms with Gasteiger partial charge >= 0.3 is 0 Å². The van der Waals surface area contributed by atoms with E-state index in [0.29, 0.717) is 0 Å². The van der Waals surface area contributed by atoms with E-state index in [0.717, 1.165) is 5.75 Å². The molecule has 278 valence electrons. The predicted octanol–water partition coefficient (Wildman–Crippen LogP) is 26.9. The van der Waals surface area contributed by atoms with Gasteiger partial charge in [0, 0.05) is 242 Å². The summed E-state index contributed by atoms with van der Waals surface area (Å²) in [4.78, 5) is 0. The molecule has 0 amide bonds. The lowest BCUT2D eigenvalue weighted by molar-refractivity contribution is 1.54. The molecule has 0 saturated heterocycles. The van der Waals surface area contributed by atoms with E-state index in [9.17, 15) is 0 Å². The summed E-state index contributed by atoms with van der Waals surface area (Å²) in [6.45, 7) is 2.08. The van der Waals surface area contributed by atoms with Crippen molar-refractivity contribution in [3.8, 4) is 0 Å². The molecule has 0 unspecified atom stereocenters. The van der Waals surface area contributed by atoms with Crippen LogP contribution in [0.1, 0.15) is 6.92 Å². The molecule has 0 rings (SSSR count). The number of thiol groups is 1. The normalized spacial score (nSPS) is 12.0. The van der Waals surface area contributed by atoms with Crippen molar-refractivity contribution in [1.29, 1.82) is 0 Å². The number of rotatable bonds is 41. The molecule has 0 aromatic rings. The summed E-state index contributed by atoms with van der Waals surface area (Å²) >= 11 is 14.8. The molecule has 0 bridgehead atoms. The Kier molecular flexibility index (Phi) is 72.4. The van der Waals surface area contributed by atoms with Gasteiger partial charge in [0.25, 0.3) is 0 Å². The van der Waals surface area contributed by atoms with Crippen molar-refractivity contribution in [3.63, 3.8) is 0 Å². The summed E-state index contributed by atoms with van der Waals surface area (Å²) in [6, 6.07) is 0. The Morgan fingerprint density at radius 3 is 0.609 bits per heavy atom. The second-order valence-corrected chi connectivity index (χ2v) is 83.2. The third kappa shape index (κ3) is 55.3. The van der Waals surface area contributed by atoms with Gasteiger partial charge in [0.2, 0.25) is 0 Å². The summed E-state index contributed by atoms with van der Waals surface area (Å²) in [7, 11) is 71.8. The Hall–Kier alpha value is 15.1. The summed E-state index contributed by atoms with van der Waals surface area (Å²) in [5, 5.41) is 0. The Labute approximate surface area is 434 Å². The van der Waals surface area contributed by atoms with E-state index in [4.69, 9.17) is 22.4 Å². The van der Waals surface area contributed by atoms with Gasteiger partial charge in [-0.1, -0.05) is 18.6 Å². The minimum atomic E-state index is -1.29. The van der Waals surface area contributed by atoms with Gasteiger partial charge in [0.1, 0.15) is 0 Å². The lowest BCUT2D eigenvalue weighted by atomic mass is 11.0. The zero-order chi connectivity index (χ0) is 33.5. The van der Waals surface area contributed by atoms with Crippen molar-refractivity contribution in [3.05, 3.63) is 0 Å². The smallest absolute Gasteiger partial charge is 0.00918 e. The Balaban J connectivity index is 3.07. The maximum Gasteiger partial charge on any atom is 0.00918 e. The molecule has 0 atom stereocenters. The molecule has 0 N–H and O–H groups in total. The highest BCUT2D eigenvalue weighted by atomic mass is 34.1. The van der Waals surface area contributed by atoms with Crippen LogP contribution >= 0.6 is 405 Å². The third-order valence-electron chi connectivity index (χ3n) is 1.54. The summed E-state index contributed by atoms with van der Waals surface area (Å²) in [5.41, 5.74) is 0. The van der Waals surface area contributed by atoms with E-state index in [1.54, 1.807) is 118 Å². The van der Waals surface area contributed by atoms with Gasteiger partial charge in [-0.25, -0.2) is 0 Å². The zero-order valence-electron chi connectivity index (χ0n) is 19.7. The maximum absolute atomic E-state index is 5.38. The first-order chi connectivity index (χ1) is 22.6. The van der Waals surface area contributed by atoms with Crippen molar-refractivity contribution in [2.75, 3.05) is 5.75 Å². The molecule has 0 radical (unpaired) electrons. The molecular formula is C2H6S44. The quantitative estimate of drug-likeness (QED) is 0.0350. The number of hydrogen-bond acceptors (Lipinski definition) is 43. The molecular weight excluding hydrogens is 1430 g/mol. The van der Waals surface area contributed by atoms with Gasteiger partial charge in [-0.05, 0) is 186 Å². The molecule has 0 aromatic carbocycles. The average molecular weight is 1440 g/mol. The van der Waals surface area contributed by atoms with Gasteiger partial charge in [-0.15, -0.1) is 0 Å². The van der Waals surface area contributed by atoms with Crippen LogP contribution in [0, 0.1) is 0 Å². The Morgan fingerprint density at radius 1 is 0.304 bits per heavy atom. The largest absolute Gasteiger partial charge is 0.0988 e. The second-order valence-electron chi connectivity index (χ2n) is 3.57. The maximum atomic E-state index is 5.38. The molecule has 0 aliphatic carbocycles. The molecule has 0 heterocycles. The van der Waals surface area contributed by atoms with Gasteiger partial charge in [-0.3, -0.25) is 0 Å². The predicted molar refractivity (Wildman–Crippen MR) is 345 cm³/mol. The zero-order valence-corrected chi connectivity index (χ0v) is 55.7. The fourth-order valence-corrected chi connectivity index (χ4v) is 113. The molecule has 0 saturated carbocycles. The van der Waals surface area contributed by atoms with Crippen molar-refractivity contribution in [1.82, 2.24) is 0 Å². The Morgan fingerprint density at radius 2 is 0.457 bits per heavy atom. The highest BCUT2D eigenvalue weighted by Crippen LogP contribution is 2.68. The molecule has 0 aliphatic rings. The van der Waals surface area contributed by atoms with Gasteiger partial charge in [0.05, 0.1) is 0 Å². The van der Waals surface area contributed by atoms with Crippen LogP contribution < -0.4 is 0 Å². The van der Waals surface area contributed by atoms with Crippen LogP contribution in [0.4, 0.5) is 0 Å². The Bertz CT molecular complexity index is 636. The van der Waals surface area contributed by atoms with E-state index in [1.807, 2.05) is 265 Å². The molecule has 0 aromatic heterocycles. The highest BCUT2D eigenvalue weighted by Gasteiger charge is 2.04. The van der Waals surface area contributed by atoms with Crippen LogP contribution in [0.15, 0.2) is 0 Å². The lowest BCUT2D eigenvalue weighted by Crippen LogP contribution is -1.88. The monoisotopic (exact) mass is 1440 g/mol. The van der Waals surface area contributed by atoms with Crippen LogP contribution in [0.5, 0.6) is 0 Å². The van der Waals surface area contributed by atoms with Crippen LogP contribution in [-0.4, -0.2) is 5.75 Å². The first-order valence-electron chi connectivity index (χ1n) is 8.18. The standard InChI is InChI=1S/C2H6S44/c1-2-46(4,5)45-44-43-42-41-40-39-38-37-36-35-34-33-32-31-30-29-28-27-26-25-24-23-22-21-20-19-18-17-16-15-14-13-12-11-10-9-8-7-6-3/h3H,2H2,1H3. The van der Waals surface area contributed by atoms with Crippen LogP contribution in [0.3, 0.4) is 0 Å². The summed E-state index contributed by atoms with van der Waals surface area (Å²) in [5.74, 6) is 0.915. The van der Waals surface area contributed by atoms with Crippen molar-refractivity contribution in [2.45, 2.75) is 6.92 Å². The van der Waals surface area contributed by atoms with Crippen LogP contribution in [0.2, 0.25) is 0 Å². The molecule has 0 spiro atoms. The van der Waals surface area contributed by atoms with Gasteiger partial charge < -0.3 is 0 Å². The van der Waals surface area contributed by atoms with Crippen LogP contribution in [-0.2, 0) is 28.6 Å². The molecule has 44 heteroatoms. The second kappa shape index (κ2) is 54.5. The highest BCUT2D eigenvalue weighted by molar-refractivity contribution is 9.62. The summed E-state index contributed by atoms with van der Waals surface area (Å²) in [6.07, 6.45) is -1.29. The molecule has 0 fully saturated rings.